The van der Waals surface area contributed by atoms with Crippen LogP contribution in [-0.4, -0.2) is 17.0 Å². The Bertz CT molecular complexity index is 601. The van der Waals surface area contributed by atoms with Crippen molar-refractivity contribution in [3.8, 4) is 11.1 Å². The van der Waals surface area contributed by atoms with Gasteiger partial charge in [-0.05, 0) is 11.1 Å². The first-order chi connectivity index (χ1) is 10.5. The fourth-order valence-electron chi connectivity index (χ4n) is 1.50. The van der Waals surface area contributed by atoms with E-state index in [0.29, 0.717) is 0 Å². The number of hydrogen-bond acceptors (Lipinski definition) is 3. The van der Waals surface area contributed by atoms with Gasteiger partial charge in [0, 0.05) is 6.08 Å². The number of hydrogen-bond donors (Lipinski definition) is 1. The molecule has 2 aromatic rings. The van der Waals surface area contributed by atoms with E-state index in [1.165, 1.54) is 18.1 Å². The Balaban J connectivity index is 0.000000225. The molecule has 0 amide bonds. The van der Waals surface area contributed by atoms with E-state index in [2.05, 4.69) is 59.6 Å². The molecular formula is C17H19O4P. The van der Waals surface area contributed by atoms with Crippen molar-refractivity contribution >= 4 is 13.6 Å². The highest BCUT2D eigenvalue weighted by molar-refractivity contribution is 7.53. The van der Waals surface area contributed by atoms with Crippen molar-refractivity contribution in [1.29, 1.82) is 0 Å². The molecule has 0 aromatic heterocycles. The van der Waals surface area contributed by atoms with E-state index in [1.54, 1.807) is 0 Å². The number of carbonyl (C=O) groups is 1. The molecule has 0 fully saturated rings. The topological polar surface area (TPSA) is 63.6 Å². The Morgan fingerprint density at radius 3 is 1.82 bits per heavy atom. The zero-order valence-electron chi connectivity index (χ0n) is 12.4. The van der Waals surface area contributed by atoms with E-state index in [1.807, 2.05) is 12.1 Å². The average molecular weight is 318 g/mol. The highest BCUT2D eigenvalue weighted by Crippen LogP contribution is 2.41. The predicted molar refractivity (Wildman–Crippen MR) is 88.5 cm³/mol. The second kappa shape index (κ2) is 8.98. The molecule has 2 rings (SSSR count). The smallest absolute Gasteiger partial charge is 0.378 e. The Morgan fingerprint density at radius 2 is 1.50 bits per heavy atom. The highest BCUT2D eigenvalue weighted by Gasteiger charge is 2.18. The molecule has 116 valence electrons. The molecule has 0 spiro atoms. The van der Waals surface area contributed by atoms with E-state index < -0.39 is 13.6 Å². The SMILES string of the molecule is C=CC(=O)OP(=O)(O)CC.c1ccc(-c2ccccc2)cc1. The Labute approximate surface area is 130 Å². The summed E-state index contributed by atoms with van der Waals surface area (Å²) in [5.74, 6) is -0.868. The fourth-order valence-corrected chi connectivity index (χ4v) is 1.99. The van der Waals surface area contributed by atoms with Crippen LogP contribution in [0.5, 0.6) is 0 Å². The van der Waals surface area contributed by atoms with Crippen LogP contribution in [0.4, 0.5) is 0 Å². The lowest BCUT2D eigenvalue weighted by molar-refractivity contribution is -0.129. The summed E-state index contributed by atoms with van der Waals surface area (Å²) >= 11 is 0. The number of rotatable bonds is 4. The van der Waals surface area contributed by atoms with Gasteiger partial charge in [-0.2, -0.15) is 0 Å². The molecule has 22 heavy (non-hydrogen) atoms. The minimum Gasteiger partial charge on any atom is -0.388 e. The molecule has 0 radical (unpaired) electrons. The Morgan fingerprint density at radius 1 is 1.09 bits per heavy atom. The summed E-state index contributed by atoms with van der Waals surface area (Å²) in [6.45, 7) is 4.53. The van der Waals surface area contributed by atoms with Crippen molar-refractivity contribution < 1.29 is 18.8 Å². The maximum absolute atomic E-state index is 10.6. The fraction of sp³-hybridized carbons (Fsp3) is 0.118. The van der Waals surface area contributed by atoms with Crippen LogP contribution < -0.4 is 0 Å². The molecule has 0 aliphatic carbocycles. The second-order valence-electron chi connectivity index (χ2n) is 4.30. The van der Waals surface area contributed by atoms with Crippen molar-refractivity contribution in [3.05, 3.63) is 73.3 Å². The van der Waals surface area contributed by atoms with Crippen LogP contribution in [0.25, 0.3) is 11.1 Å². The van der Waals surface area contributed by atoms with E-state index in [-0.39, 0.29) is 6.16 Å². The molecule has 0 saturated carbocycles. The van der Waals surface area contributed by atoms with Crippen LogP contribution in [0.15, 0.2) is 73.3 Å². The molecule has 1 unspecified atom stereocenters. The van der Waals surface area contributed by atoms with Crippen LogP contribution in [0.3, 0.4) is 0 Å². The lowest BCUT2D eigenvalue weighted by Gasteiger charge is -2.06. The molecule has 0 bridgehead atoms. The summed E-state index contributed by atoms with van der Waals surface area (Å²) in [6.07, 6.45) is 0.769. The minimum atomic E-state index is -3.67. The van der Waals surface area contributed by atoms with Crippen molar-refractivity contribution in [2.75, 3.05) is 6.16 Å². The van der Waals surface area contributed by atoms with Crippen LogP contribution in [0, 0.1) is 0 Å². The predicted octanol–water partition coefficient (Wildman–Crippen LogP) is 4.27. The molecule has 0 saturated heterocycles. The quantitative estimate of drug-likeness (QED) is 0.675. The van der Waals surface area contributed by atoms with E-state index in [0.717, 1.165) is 6.08 Å². The van der Waals surface area contributed by atoms with Gasteiger partial charge in [0.1, 0.15) is 0 Å². The van der Waals surface area contributed by atoms with Gasteiger partial charge in [0.15, 0.2) is 0 Å². The van der Waals surface area contributed by atoms with Gasteiger partial charge in [-0.15, -0.1) is 0 Å². The molecule has 4 nitrogen and oxygen atoms in total. The van der Waals surface area contributed by atoms with Gasteiger partial charge >= 0.3 is 13.6 Å². The normalized spacial score (nSPS) is 12.3. The summed E-state index contributed by atoms with van der Waals surface area (Å²) in [5.41, 5.74) is 2.55. The molecular weight excluding hydrogens is 299 g/mol. The van der Waals surface area contributed by atoms with Gasteiger partial charge in [0.25, 0.3) is 0 Å². The molecule has 0 aliphatic rings. The van der Waals surface area contributed by atoms with Crippen molar-refractivity contribution in [2.24, 2.45) is 0 Å². The molecule has 0 heterocycles. The van der Waals surface area contributed by atoms with E-state index in [4.69, 9.17) is 4.89 Å². The first-order valence-corrected chi connectivity index (χ1v) is 8.53. The van der Waals surface area contributed by atoms with Crippen LogP contribution in [0.1, 0.15) is 6.92 Å². The molecule has 0 aliphatic heterocycles. The van der Waals surface area contributed by atoms with E-state index >= 15 is 0 Å². The molecule has 5 heteroatoms. The van der Waals surface area contributed by atoms with E-state index in [9.17, 15) is 9.36 Å². The largest absolute Gasteiger partial charge is 0.388 e. The van der Waals surface area contributed by atoms with Crippen LogP contribution in [0.2, 0.25) is 0 Å². The van der Waals surface area contributed by atoms with Gasteiger partial charge in [0.2, 0.25) is 0 Å². The number of carbonyl (C=O) groups excluding carboxylic acids is 1. The third-order valence-electron chi connectivity index (χ3n) is 2.68. The van der Waals surface area contributed by atoms with Gasteiger partial charge in [0.05, 0.1) is 6.16 Å². The van der Waals surface area contributed by atoms with Crippen molar-refractivity contribution in [3.63, 3.8) is 0 Å². The average Bonchev–Trinajstić information content (AvgIpc) is 2.56. The lowest BCUT2D eigenvalue weighted by Crippen LogP contribution is -1.98. The van der Waals surface area contributed by atoms with Gasteiger partial charge < -0.3 is 9.42 Å². The van der Waals surface area contributed by atoms with Gasteiger partial charge in [-0.25, -0.2) is 9.36 Å². The minimum absolute atomic E-state index is 0.0768. The lowest BCUT2D eigenvalue weighted by atomic mass is 10.1. The van der Waals surface area contributed by atoms with Crippen LogP contribution >= 0.6 is 7.60 Å². The monoisotopic (exact) mass is 318 g/mol. The number of benzene rings is 2. The zero-order valence-corrected chi connectivity index (χ0v) is 13.3. The maximum Gasteiger partial charge on any atom is 0.378 e. The maximum atomic E-state index is 10.6. The summed E-state index contributed by atoms with van der Waals surface area (Å²) in [4.78, 5) is 19.0. The summed E-state index contributed by atoms with van der Waals surface area (Å²) < 4.78 is 14.7. The summed E-state index contributed by atoms with van der Waals surface area (Å²) in [6, 6.07) is 20.8. The van der Waals surface area contributed by atoms with Crippen molar-refractivity contribution in [1.82, 2.24) is 0 Å². The third kappa shape index (κ3) is 6.53. The van der Waals surface area contributed by atoms with Crippen LogP contribution in [-0.2, 0) is 13.9 Å². The molecule has 2 aromatic carbocycles. The highest BCUT2D eigenvalue weighted by atomic mass is 31.2. The summed E-state index contributed by atoms with van der Waals surface area (Å²) in [5, 5.41) is 0. The first-order valence-electron chi connectivity index (χ1n) is 6.77. The Hall–Kier alpha value is -2.16. The molecule has 1 N–H and O–H groups in total. The Kier molecular flexibility index (Phi) is 7.30. The third-order valence-corrected chi connectivity index (χ3v) is 3.94. The standard InChI is InChI=1S/C12H10.C5H9O4P/c1-3-7-11(8-4-1)12-9-5-2-6-10-12;1-3-5(6)9-10(7,8)4-2/h1-10H;3H,1,4H2,2H3,(H,7,8). The molecule has 1 atom stereocenters. The summed E-state index contributed by atoms with van der Waals surface area (Å²) in [7, 11) is -3.67. The van der Waals surface area contributed by atoms with Crippen molar-refractivity contribution in [2.45, 2.75) is 6.92 Å². The zero-order chi connectivity index (χ0) is 16.4. The van der Waals surface area contributed by atoms with Gasteiger partial charge in [-0.3, -0.25) is 0 Å². The first kappa shape index (κ1) is 17.9. The second-order valence-corrected chi connectivity index (χ2v) is 6.39. The van der Waals surface area contributed by atoms with Gasteiger partial charge in [-0.1, -0.05) is 74.2 Å².